The van der Waals surface area contributed by atoms with Gasteiger partial charge in [-0.1, -0.05) is 90.5 Å². The Morgan fingerprint density at radius 3 is 1.09 bits per heavy atom. The fourth-order valence-corrected chi connectivity index (χ4v) is 8.76. The van der Waals surface area contributed by atoms with E-state index in [9.17, 15) is 29.4 Å². The fraction of sp³-hybridized carbons (Fsp3) is 0.478. The Kier molecular flexibility index (Phi) is 12.0. The molecule has 0 aliphatic carbocycles. The zero-order valence-electron chi connectivity index (χ0n) is 33.1. The Hall–Kier alpha value is -4.48. The number of rotatable bonds is 20. The molecule has 7 rings (SSSR count). The maximum atomic E-state index is 14.0. The Bertz CT molecular complexity index is 2000. The number of aliphatic hydroxyl groups is 2. The van der Waals surface area contributed by atoms with E-state index in [1.165, 1.54) is 0 Å². The first-order chi connectivity index (χ1) is 27.1. The number of imide groups is 2. The van der Waals surface area contributed by atoms with Crippen LogP contribution in [0, 0.1) is 11.8 Å². The van der Waals surface area contributed by atoms with Gasteiger partial charge in [-0.05, 0) is 81.3 Å². The minimum Gasteiger partial charge on any atom is -0.389 e. The highest BCUT2D eigenvalue weighted by Gasteiger charge is 2.38. The van der Waals surface area contributed by atoms with Gasteiger partial charge in [-0.25, -0.2) is 0 Å². The maximum Gasteiger partial charge on any atom is 0.261 e. The second-order valence-corrected chi connectivity index (χ2v) is 15.8. The van der Waals surface area contributed by atoms with Crippen molar-refractivity contribution >= 4 is 66.7 Å². The van der Waals surface area contributed by atoms with E-state index in [4.69, 9.17) is 9.47 Å². The van der Waals surface area contributed by atoms with Crippen LogP contribution in [0.5, 0.6) is 0 Å². The summed E-state index contributed by atoms with van der Waals surface area (Å²) in [6.45, 7) is 9.32. The summed E-state index contributed by atoms with van der Waals surface area (Å²) in [4.78, 5) is 58.1. The van der Waals surface area contributed by atoms with Gasteiger partial charge in [0.1, 0.15) is 0 Å². The largest absolute Gasteiger partial charge is 0.389 e. The van der Waals surface area contributed by atoms with Crippen LogP contribution < -0.4 is 0 Å². The van der Waals surface area contributed by atoms with E-state index in [0.29, 0.717) is 58.1 Å². The predicted octanol–water partition coefficient (Wildman–Crippen LogP) is 8.12. The lowest BCUT2D eigenvalue weighted by molar-refractivity contribution is 0.00441. The molecule has 2 aliphatic rings. The molecular weight excluding hydrogens is 709 g/mol. The van der Waals surface area contributed by atoms with Crippen molar-refractivity contribution in [1.82, 2.24) is 9.80 Å². The summed E-state index contributed by atoms with van der Waals surface area (Å²) in [6.07, 6.45) is 6.51. The number of β-amino-alcohol motifs (C(OH)–C–C–N with tert-alkyl or cyclic N) is 2. The molecule has 10 heteroatoms. The molecule has 296 valence electrons. The van der Waals surface area contributed by atoms with Crippen molar-refractivity contribution in [3.63, 3.8) is 0 Å². The normalized spacial score (nSPS) is 16.6. The van der Waals surface area contributed by atoms with Gasteiger partial charge < -0.3 is 19.7 Å². The second-order valence-electron chi connectivity index (χ2n) is 15.8. The highest BCUT2D eigenvalue weighted by molar-refractivity contribution is 6.41. The van der Waals surface area contributed by atoms with Gasteiger partial charge in [0.05, 0.1) is 38.5 Å². The first-order valence-electron chi connectivity index (χ1n) is 20.6. The van der Waals surface area contributed by atoms with Crippen LogP contribution in [0.4, 0.5) is 0 Å². The van der Waals surface area contributed by atoms with Gasteiger partial charge in [0.2, 0.25) is 0 Å². The number of amides is 4. The van der Waals surface area contributed by atoms with Gasteiger partial charge >= 0.3 is 0 Å². The highest BCUT2D eigenvalue weighted by Crippen LogP contribution is 2.46. The van der Waals surface area contributed by atoms with Gasteiger partial charge in [0, 0.05) is 46.2 Å². The molecule has 4 unspecified atom stereocenters. The number of hydrogen-bond donors (Lipinski definition) is 2. The maximum absolute atomic E-state index is 14.0. The van der Waals surface area contributed by atoms with Gasteiger partial charge in [-0.15, -0.1) is 0 Å². The summed E-state index contributed by atoms with van der Waals surface area (Å²) in [5.41, 5.74) is 1.51. The van der Waals surface area contributed by atoms with Crippen molar-refractivity contribution in [2.24, 2.45) is 11.8 Å². The van der Waals surface area contributed by atoms with Gasteiger partial charge in [0.15, 0.2) is 0 Å². The van der Waals surface area contributed by atoms with Gasteiger partial charge in [0.25, 0.3) is 23.6 Å². The average molecular weight is 763 g/mol. The first kappa shape index (κ1) is 39.7. The van der Waals surface area contributed by atoms with Crippen LogP contribution in [0.1, 0.15) is 120 Å². The van der Waals surface area contributed by atoms with Crippen molar-refractivity contribution in [1.29, 1.82) is 0 Å². The Morgan fingerprint density at radius 2 is 0.804 bits per heavy atom. The minimum atomic E-state index is -1.03. The van der Waals surface area contributed by atoms with E-state index in [1.807, 2.05) is 24.3 Å². The molecule has 0 radical (unpaired) electrons. The number of aliphatic hydroxyl groups excluding tert-OH is 2. The zero-order chi connectivity index (χ0) is 39.7. The molecule has 10 nitrogen and oxygen atoms in total. The molecule has 2 heterocycles. The molecule has 5 aromatic carbocycles. The number of ether oxygens (including phenoxy) is 2. The van der Waals surface area contributed by atoms with E-state index in [-0.39, 0.29) is 26.3 Å². The molecule has 0 spiro atoms. The van der Waals surface area contributed by atoms with E-state index >= 15 is 0 Å². The van der Waals surface area contributed by atoms with E-state index in [2.05, 4.69) is 27.7 Å². The predicted molar refractivity (Wildman–Crippen MR) is 219 cm³/mol. The van der Waals surface area contributed by atoms with Crippen molar-refractivity contribution in [2.75, 3.05) is 39.5 Å². The SMILES string of the molecule is CCCCC(CC)COCC(O)CN1C(=O)c2ccc3c4ccc5c6c(ccc(c7ccc(c2c37)C1=O)c64)C(=O)N(CC(O)COCC(CC)CCCC)C5=O. The quantitative estimate of drug-likeness (QED) is 0.0462. The van der Waals surface area contributed by atoms with Crippen molar-refractivity contribution in [3.05, 3.63) is 70.8 Å². The second kappa shape index (κ2) is 16.9. The van der Waals surface area contributed by atoms with Crippen LogP contribution in [-0.2, 0) is 9.47 Å². The summed E-state index contributed by atoms with van der Waals surface area (Å²) in [7, 11) is 0. The van der Waals surface area contributed by atoms with Crippen LogP contribution in [0.3, 0.4) is 0 Å². The lowest BCUT2D eigenvalue weighted by Crippen LogP contribution is -2.45. The number of nitrogens with zero attached hydrogens (tertiary/aromatic N) is 2. The lowest BCUT2D eigenvalue weighted by atomic mass is 9.82. The number of benzene rings is 5. The number of hydrogen-bond acceptors (Lipinski definition) is 8. The summed E-state index contributed by atoms with van der Waals surface area (Å²) in [5.74, 6) is -1.07. The van der Waals surface area contributed by atoms with Crippen molar-refractivity contribution in [2.45, 2.75) is 91.3 Å². The lowest BCUT2D eigenvalue weighted by Gasteiger charge is -2.31. The minimum absolute atomic E-state index is 0.0287. The van der Waals surface area contributed by atoms with E-state index in [1.54, 1.807) is 24.3 Å². The molecule has 0 saturated carbocycles. The molecule has 0 aromatic heterocycles. The highest BCUT2D eigenvalue weighted by atomic mass is 16.5. The van der Waals surface area contributed by atoms with Crippen LogP contribution in [0.25, 0.3) is 43.1 Å². The standard InChI is InChI=1S/C46H54N2O8/c1-5-9-11-27(7-3)23-55-25-29(49)21-47-43(51)35-17-13-31-33-15-19-37-42-38(20-16-34(40(33)42)32-14-18-36(44(47)52)41(35)39(31)32)46(54)48(45(37)53)22-30(50)26-56-24-28(8-4)12-10-6-2/h13-20,27-30,49-50H,5-12,21-26H2,1-4H3. The third kappa shape index (κ3) is 7.17. The third-order valence-electron chi connectivity index (χ3n) is 12.0. The molecule has 2 N–H and O–H groups in total. The average Bonchev–Trinajstić information content (AvgIpc) is 3.21. The Morgan fingerprint density at radius 1 is 0.482 bits per heavy atom. The number of carbonyl (C=O) groups excluding carboxylic acids is 4. The Balaban J connectivity index is 1.16. The van der Waals surface area contributed by atoms with Crippen LogP contribution in [0.15, 0.2) is 48.5 Å². The summed E-state index contributed by atoms with van der Waals surface area (Å²) in [6, 6.07) is 14.4. The number of unbranched alkanes of at least 4 members (excludes halogenated alkanes) is 2. The Labute approximate surface area is 328 Å². The molecule has 4 atom stereocenters. The third-order valence-corrected chi connectivity index (χ3v) is 12.0. The fourth-order valence-electron chi connectivity index (χ4n) is 8.76. The summed E-state index contributed by atoms with van der Waals surface area (Å²) >= 11 is 0. The van der Waals surface area contributed by atoms with E-state index in [0.717, 1.165) is 93.5 Å². The topological polar surface area (TPSA) is 134 Å². The summed E-state index contributed by atoms with van der Waals surface area (Å²) < 4.78 is 11.7. The van der Waals surface area contributed by atoms with Crippen molar-refractivity contribution < 1.29 is 38.9 Å². The van der Waals surface area contributed by atoms with Gasteiger partial charge in [-0.3, -0.25) is 29.0 Å². The van der Waals surface area contributed by atoms with Crippen LogP contribution in [0.2, 0.25) is 0 Å². The molecule has 56 heavy (non-hydrogen) atoms. The molecule has 2 aliphatic heterocycles. The first-order valence-corrected chi connectivity index (χ1v) is 20.6. The zero-order valence-corrected chi connectivity index (χ0v) is 33.1. The van der Waals surface area contributed by atoms with E-state index < -0.39 is 35.8 Å². The van der Waals surface area contributed by atoms with Crippen LogP contribution >= 0.6 is 0 Å². The monoisotopic (exact) mass is 762 g/mol. The summed E-state index contributed by atoms with van der Waals surface area (Å²) in [5, 5.41) is 27.6. The molecular formula is C46H54N2O8. The molecule has 0 bridgehead atoms. The smallest absolute Gasteiger partial charge is 0.261 e. The van der Waals surface area contributed by atoms with Crippen LogP contribution in [-0.4, -0.2) is 95.4 Å². The molecule has 5 aromatic rings. The van der Waals surface area contributed by atoms with Crippen molar-refractivity contribution in [3.8, 4) is 0 Å². The molecule has 4 amide bonds. The number of fused-ring (bicyclic) bond motifs is 2. The number of carbonyl (C=O) groups is 4. The van der Waals surface area contributed by atoms with Gasteiger partial charge in [-0.2, -0.15) is 0 Å². The molecule has 0 fully saturated rings. The molecule has 0 saturated heterocycles.